The van der Waals surface area contributed by atoms with Gasteiger partial charge in [0, 0.05) is 76.0 Å². The predicted octanol–water partition coefficient (Wildman–Crippen LogP) is 3.35. The average Bonchev–Trinajstić information content (AvgIpc) is 1.60. The van der Waals surface area contributed by atoms with Crippen molar-refractivity contribution in [3.05, 3.63) is 144 Å². The molecule has 0 spiro atoms. The van der Waals surface area contributed by atoms with Crippen molar-refractivity contribution in [1.82, 2.24) is 90.1 Å². The zero-order chi connectivity index (χ0) is 64.9. The zero-order valence-electron chi connectivity index (χ0n) is 51.3. The Labute approximate surface area is 536 Å². The lowest BCUT2D eigenvalue weighted by atomic mass is 9.91. The molecule has 0 unspecified atom stereocenters. The molecule has 14 rings (SSSR count). The van der Waals surface area contributed by atoms with Gasteiger partial charge in [-0.2, -0.15) is 29.5 Å². The summed E-state index contributed by atoms with van der Waals surface area (Å²) in [5.41, 5.74) is 5.17. The van der Waals surface area contributed by atoms with E-state index in [1.807, 2.05) is 72.2 Å². The summed E-state index contributed by atoms with van der Waals surface area (Å²) in [6.07, 6.45) is 0.890. The Morgan fingerprint density at radius 2 is 0.851 bits per heavy atom. The fourth-order valence-corrected chi connectivity index (χ4v) is 13.5. The molecule has 31 heteroatoms. The molecule has 2 saturated heterocycles. The molecule has 488 valence electrons. The van der Waals surface area contributed by atoms with Gasteiger partial charge in [-0.25, -0.2) is 14.8 Å². The largest absolute Gasteiger partial charge is 0.508 e. The van der Waals surface area contributed by atoms with Gasteiger partial charge in [-0.05, 0) is 107 Å². The Morgan fingerprint density at radius 1 is 0.500 bits per heavy atom. The first-order chi connectivity index (χ1) is 45.6. The smallest absolute Gasteiger partial charge is 0.315 e. The van der Waals surface area contributed by atoms with Crippen LogP contribution in [0.5, 0.6) is 23.0 Å². The number of aryl methyl sites for hydroxylation is 2. The van der Waals surface area contributed by atoms with Crippen LogP contribution in [0.25, 0.3) is 22.3 Å². The van der Waals surface area contributed by atoms with E-state index < -0.39 is 48.6 Å². The molecular weight excluding hydrogens is 1210 g/mol. The molecule has 0 bridgehead atoms. The van der Waals surface area contributed by atoms with E-state index in [2.05, 4.69) is 52.1 Å². The molecule has 4 fully saturated rings. The monoisotopic (exact) mass is 1280 g/mol. The lowest BCUT2D eigenvalue weighted by Crippen LogP contribution is -2.48. The Kier molecular flexibility index (Phi) is 16.7. The van der Waals surface area contributed by atoms with Crippen molar-refractivity contribution in [1.29, 1.82) is 0 Å². The summed E-state index contributed by atoms with van der Waals surface area (Å²) in [5.74, 6) is 2.40. The molecule has 4 aromatic carbocycles. The van der Waals surface area contributed by atoms with E-state index >= 15 is 0 Å². The maximum Gasteiger partial charge on any atom is 0.315 e. The minimum Gasteiger partial charge on any atom is -0.508 e. The van der Waals surface area contributed by atoms with Gasteiger partial charge in [0.15, 0.2) is 45.6 Å². The number of aliphatic hydroxyl groups is 4. The summed E-state index contributed by atoms with van der Waals surface area (Å²) in [6, 6.07) is 23.9. The molecule has 6 aromatic heterocycles. The summed E-state index contributed by atoms with van der Waals surface area (Å²) in [6.45, 7) is 6.05. The number of nitrogens with one attached hydrogen (secondary N) is 4. The van der Waals surface area contributed by atoms with Crippen LogP contribution >= 0.6 is 0 Å². The van der Waals surface area contributed by atoms with E-state index in [1.165, 1.54) is 9.59 Å². The van der Waals surface area contributed by atoms with E-state index in [9.17, 15) is 45.6 Å². The van der Waals surface area contributed by atoms with Crippen LogP contribution in [0.4, 0.5) is 28.3 Å². The van der Waals surface area contributed by atoms with Gasteiger partial charge in [0.25, 0.3) is 0 Å². The van der Waals surface area contributed by atoms with Gasteiger partial charge in [-0.1, -0.05) is 62.4 Å². The number of fused-ring (bicyclic) bond motifs is 2. The highest BCUT2D eigenvalue weighted by Crippen LogP contribution is 2.43. The molecule has 8 heterocycles. The number of urea groups is 1. The van der Waals surface area contributed by atoms with Crippen LogP contribution < -0.4 is 31.1 Å². The first-order valence-electron chi connectivity index (χ1n) is 31.6. The van der Waals surface area contributed by atoms with E-state index in [-0.39, 0.29) is 65.8 Å². The number of phenols is 4. The van der Waals surface area contributed by atoms with Crippen LogP contribution in [0.1, 0.15) is 109 Å². The van der Waals surface area contributed by atoms with Gasteiger partial charge >= 0.3 is 6.03 Å². The summed E-state index contributed by atoms with van der Waals surface area (Å²) in [4.78, 5) is 50.8. The summed E-state index contributed by atoms with van der Waals surface area (Å²) in [5, 5.41) is 126. The number of aliphatic hydroxyl groups excluding tert-OH is 4. The Hall–Kier alpha value is -10.4. The number of tetrazole rings is 2. The van der Waals surface area contributed by atoms with Crippen LogP contribution in [0, 0.1) is 0 Å². The van der Waals surface area contributed by atoms with Crippen LogP contribution in [0.15, 0.2) is 110 Å². The van der Waals surface area contributed by atoms with Crippen molar-refractivity contribution >= 4 is 51.9 Å². The number of benzene rings is 4. The van der Waals surface area contributed by atoms with Gasteiger partial charge in [0.2, 0.25) is 11.9 Å². The normalized spacial score (nSPS) is 23.0. The van der Waals surface area contributed by atoms with Crippen molar-refractivity contribution < 1.29 is 45.6 Å². The van der Waals surface area contributed by atoms with Crippen molar-refractivity contribution in [2.75, 3.05) is 59.7 Å². The van der Waals surface area contributed by atoms with E-state index in [1.54, 1.807) is 70.3 Å². The second kappa shape index (κ2) is 25.6. The van der Waals surface area contributed by atoms with Crippen molar-refractivity contribution in [2.45, 2.75) is 125 Å². The highest BCUT2D eigenvalue weighted by Gasteiger charge is 2.47. The number of nitrogens with zero attached hydrogens (tertiary/aromatic N) is 18. The van der Waals surface area contributed by atoms with Crippen LogP contribution in [0.3, 0.4) is 0 Å². The second-order valence-corrected chi connectivity index (χ2v) is 24.6. The number of carbonyl (C=O) groups excluding carboxylic acids is 1. The third kappa shape index (κ3) is 12.1. The maximum atomic E-state index is 14.1. The van der Waals surface area contributed by atoms with Gasteiger partial charge in [0.05, 0.1) is 24.7 Å². The minimum absolute atomic E-state index is 0.117. The maximum absolute atomic E-state index is 14.1. The molecule has 4 aliphatic rings. The Balaban J connectivity index is 0.704. The molecule has 2 saturated carbocycles. The molecule has 94 heavy (non-hydrogen) atoms. The molecule has 2 aliphatic carbocycles. The number of aromatic nitrogens is 16. The SMILES string of the molecule is CCc1nnn([C@H]2C[C@@H](n3cnc4c(NCC(c5ccc(O)cc5)c5ccc(O)cc5)nc(N5CC[C@@H](NC(=O)N[C@@H]6CCN(c7nc(NCC(c8ccc(O)cc8)c8ccc(O)cc8)c8ncn([C@@H]9C[C@H](n%10nnc(CC)n%10)[C@@H](O)[C@H]9O)c8n7)C6)C5)nc43)[C@H](O)[C@@H]2O)n1. The number of rotatable bonds is 20. The third-order valence-electron chi connectivity index (χ3n) is 18.7. The summed E-state index contributed by atoms with van der Waals surface area (Å²) in [7, 11) is 0. The quantitative estimate of drug-likeness (QED) is 0.0520. The molecular formula is C63H72N22O9. The fourth-order valence-electron chi connectivity index (χ4n) is 13.5. The number of amides is 2. The Bertz CT molecular complexity index is 3940. The topological polar surface area (TPSA) is 408 Å². The molecule has 10 aromatic rings. The Morgan fingerprint density at radius 3 is 1.19 bits per heavy atom. The van der Waals surface area contributed by atoms with Gasteiger partial charge < -0.3 is 81.1 Å². The van der Waals surface area contributed by atoms with Crippen molar-refractivity contribution in [3.8, 4) is 23.0 Å². The summed E-state index contributed by atoms with van der Waals surface area (Å²) >= 11 is 0. The van der Waals surface area contributed by atoms with E-state index in [0.717, 1.165) is 22.3 Å². The average molecular weight is 1280 g/mol. The fraction of sp³-hybridized carbons (Fsp3) is 0.413. The highest BCUT2D eigenvalue weighted by molar-refractivity contribution is 5.86. The zero-order valence-corrected chi connectivity index (χ0v) is 51.3. The second-order valence-electron chi connectivity index (χ2n) is 24.6. The first kappa shape index (κ1) is 61.2. The van der Waals surface area contributed by atoms with Crippen LogP contribution in [0.2, 0.25) is 0 Å². The van der Waals surface area contributed by atoms with Crippen molar-refractivity contribution in [2.24, 2.45) is 0 Å². The standard InChI is InChI=1S/C63H72N22O9/c1-3-49-74-78-84(76-49)47-25-45(53(90)55(47)92)82-31-66-51-57(64-27-43(33-5-13-39(86)14-6-33)34-7-15-40(87)16-8-34)70-61(72-59(51)82)80-23-21-37(29-80)68-63(94)69-38-22-24-81(30-38)62-71-58(65-28-44(35-9-17-41(88)18-10-35)36-11-19-42(89)20-12-36)52-60(73-62)83(32-67-52)46-26-48(56(93)54(46)91)85-77-50(4-2)75-79-85/h5-20,31-32,37-38,43-48,53-56,86-93H,3-4,21-30H2,1-2H3,(H,64,70,72)(H,65,71,73)(H2,68,69,94)/t37-,38-,45-,46-,47+,48+,53+,54+,55-,56-/m1/s1. The molecule has 10 atom stereocenters. The number of hydrogen-bond donors (Lipinski definition) is 12. The van der Waals surface area contributed by atoms with Gasteiger partial charge in [-0.3, -0.25) is 0 Å². The number of imidazole rings is 2. The number of anilines is 4. The minimum atomic E-state index is -1.25. The number of carbonyl (C=O) groups is 1. The third-order valence-corrected chi connectivity index (χ3v) is 18.7. The molecule has 0 radical (unpaired) electrons. The van der Waals surface area contributed by atoms with Crippen LogP contribution in [-0.2, 0) is 12.8 Å². The lowest BCUT2D eigenvalue weighted by molar-refractivity contribution is 0.00473. The number of hydrogen-bond acceptors (Lipinski definition) is 25. The van der Waals surface area contributed by atoms with E-state index in [4.69, 9.17) is 29.9 Å². The molecule has 12 N–H and O–H groups in total. The van der Waals surface area contributed by atoms with Gasteiger partial charge in [-0.15, -0.1) is 20.4 Å². The summed E-state index contributed by atoms with van der Waals surface area (Å²) < 4.78 is 3.51. The number of aromatic hydroxyl groups is 4. The molecule has 31 nitrogen and oxygen atoms in total. The first-order valence-corrected chi connectivity index (χ1v) is 31.6. The van der Waals surface area contributed by atoms with Crippen LogP contribution in [-0.4, -0.2) is 202 Å². The highest BCUT2D eigenvalue weighted by atomic mass is 16.3. The molecule has 2 amide bonds. The molecule has 2 aliphatic heterocycles. The van der Waals surface area contributed by atoms with Gasteiger partial charge in [0.1, 0.15) is 59.5 Å². The lowest BCUT2D eigenvalue weighted by Gasteiger charge is -2.23. The number of phenolic OH excluding ortho intramolecular Hbond substituents is 4. The predicted molar refractivity (Wildman–Crippen MR) is 340 cm³/mol. The van der Waals surface area contributed by atoms with E-state index in [0.29, 0.717) is 122 Å². The van der Waals surface area contributed by atoms with Crippen molar-refractivity contribution in [3.63, 3.8) is 0 Å².